The van der Waals surface area contributed by atoms with Crippen molar-refractivity contribution >= 4 is 6.09 Å². The van der Waals surface area contributed by atoms with Gasteiger partial charge in [-0.2, -0.15) is 0 Å². The maximum atomic E-state index is 10.6. The summed E-state index contributed by atoms with van der Waals surface area (Å²) >= 11 is 0. The lowest BCUT2D eigenvalue weighted by atomic mass is 10.2. The van der Waals surface area contributed by atoms with E-state index in [9.17, 15) is 4.79 Å². The van der Waals surface area contributed by atoms with E-state index in [1.807, 2.05) is 30.3 Å². The number of rotatable bonds is 2. The minimum Gasteiger partial charge on any atom is -0.456 e. The molecule has 0 N–H and O–H groups in total. The van der Waals surface area contributed by atoms with Crippen molar-refractivity contribution < 1.29 is 9.53 Å². The normalized spacial score (nSPS) is 8.62. The van der Waals surface area contributed by atoms with E-state index in [-0.39, 0.29) is 6.61 Å². The van der Waals surface area contributed by atoms with Crippen molar-refractivity contribution in [1.82, 2.24) is 0 Å². The lowest BCUT2D eigenvalue weighted by molar-refractivity contribution is 0.150. The average molecular weight is 177 g/mol. The number of ether oxygens (including phenoxy) is 1. The van der Waals surface area contributed by atoms with Crippen LogP contribution >= 0.6 is 0 Å². The van der Waals surface area contributed by atoms with Crippen molar-refractivity contribution in [1.29, 1.82) is 0 Å². The van der Waals surface area contributed by atoms with Gasteiger partial charge in [-0.05, 0) is 11.1 Å². The molecule has 0 aromatic heterocycles. The predicted octanol–water partition coefficient (Wildman–Crippen LogP) is 2.63. The predicted molar refractivity (Wildman–Crippen MR) is 45.8 cm³/mol. The standard InChI is InChI=1S/C8H7N3O2/c9-11-10-8(12)13-6-7-4-2-1-3-5-7/h1-5H,6H2. The van der Waals surface area contributed by atoms with Gasteiger partial charge >= 0.3 is 6.09 Å². The molecule has 0 saturated heterocycles. The molecule has 0 fully saturated rings. The van der Waals surface area contributed by atoms with Crippen LogP contribution in [0.1, 0.15) is 5.56 Å². The molecule has 13 heavy (non-hydrogen) atoms. The zero-order valence-corrected chi connectivity index (χ0v) is 6.75. The van der Waals surface area contributed by atoms with E-state index in [1.165, 1.54) is 0 Å². The Kier molecular flexibility index (Phi) is 3.35. The average Bonchev–Trinajstić information content (AvgIpc) is 2.17. The first-order chi connectivity index (χ1) is 6.33. The van der Waals surface area contributed by atoms with Crippen molar-refractivity contribution in [3.63, 3.8) is 0 Å². The van der Waals surface area contributed by atoms with E-state index in [2.05, 4.69) is 14.8 Å². The van der Waals surface area contributed by atoms with Crippen LogP contribution in [0.4, 0.5) is 4.79 Å². The number of benzene rings is 1. The number of amides is 1. The van der Waals surface area contributed by atoms with Crippen LogP contribution in [-0.2, 0) is 11.3 Å². The van der Waals surface area contributed by atoms with Crippen molar-refractivity contribution in [3.8, 4) is 0 Å². The summed E-state index contributed by atoms with van der Waals surface area (Å²) in [5.41, 5.74) is 8.74. The molecule has 0 atom stereocenters. The first-order valence-corrected chi connectivity index (χ1v) is 3.58. The second-order valence-corrected chi connectivity index (χ2v) is 2.23. The molecule has 0 saturated carbocycles. The number of carbonyl (C=O) groups excluding carboxylic acids is 1. The Hall–Kier alpha value is -2.00. The van der Waals surface area contributed by atoms with Crippen molar-refractivity contribution in [2.24, 2.45) is 5.11 Å². The summed E-state index contributed by atoms with van der Waals surface area (Å²) in [7, 11) is 0. The molecule has 1 amide bonds. The zero-order valence-electron chi connectivity index (χ0n) is 6.75. The van der Waals surface area contributed by atoms with E-state index in [4.69, 9.17) is 5.53 Å². The van der Waals surface area contributed by atoms with Crippen LogP contribution in [0.5, 0.6) is 0 Å². The van der Waals surface area contributed by atoms with Gasteiger partial charge < -0.3 is 4.74 Å². The maximum absolute atomic E-state index is 10.6. The van der Waals surface area contributed by atoms with E-state index in [1.54, 1.807) is 0 Å². The van der Waals surface area contributed by atoms with Gasteiger partial charge in [0.25, 0.3) is 0 Å². The van der Waals surface area contributed by atoms with Gasteiger partial charge in [-0.25, -0.2) is 4.79 Å². The summed E-state index contributed by atoms with van der Waals surface area (Å²) in [6, 6.07) is 9.14. The van der Waals surface area contributed by atoms with Crippen LogP contribution in [0.3, 0.4) is 0 Å². The van der Waals surface area contributed by atoms with Gasteiger partial charge in [-0.1, -0.05) is 30.3 Å². The molecule has 0 aliphatic carbocycles. The molecule has 0 unspecified atom stereocenters. The van der Waals surface area contributed by atoms with Gasteiger partial charge in [0.1, 0.15) is 6.61 Å². The molecule has 1 aromatic carbocycles. The minimum absolute atomic E-state index is 0.124. The Morgan fingerprint density at radius 1 is 1.46 bits per heavy atom. The molecule has 5 nitrogen and oxygen atoms in total. The molecule has 0 bridgehead atoms. The summed E-state index contributed by atoms with van der Waals surface area (Å²) in [5.74, 6) is 0. The summed E-state index contributed by atoms with van der Waals surface area (Å²) < 4.78 is 4.61. The Bertz CT molecular complexity index is 331. The monoisotopic (exact) mass is 177 g/mol. The molecular weight excluding hydrogens is 170 g/mol. The number of carbonyl (C=O) groups is 1. The van der Waals surface area contributed by atoms with Gasteiger partial charge in [-0.3, -0.25) is 0 Å². The quantitative estimate of drug-likeness (QED) is 0.395. The molecule has 0 heterocycles. The highest BCUT2D eigenvalue weighted by Gasteiger charge is 1.97. The fourth-order valence-electron chi connectivity index (χ4n) is 0.785. The van der Waals surface area contributed by atoms with Crippen molar-refractivity contribution in [2.75, 3.05) is 0 Å². The minimum atomic E-state index is -0.911. The highest BCUT2D eigenvalue weighted by Crippen LogP contribution is 2.01. The SMILES string of the molecule is [N-]=[N+]=NC(=O)OCc1ccccc1. The Labute approximate surface area is 74.6 Å². The number of azide groups is 1. The molecule has 5 heteroatoms. The Balaban J connectivity index is 2.44. The third-order valence-electron chi connectivity index (χ3n) is 1.33. The Morgan fingerprint density at radius 2 is 2.15 bits per heavy atom. The number of hydrogen-bond acceptors (Lipinski definition) is 2. The van der Waals surface area contributed by atoms with Gasteiger partial charge in [0, 0.05) is 10.0 Å². The van der Waals surface area contributed by atoms with Crippen LogP contribution in [0.2, 0.25) is 0 Å². The molecule has 0 aliphatic heterocycles. The molecular formula is C8H7N3O2. The molecule has 0 radical (unpaired) electrons. The van der Waals surface area contributed by atoms with Crippen LogP contribution in [0, 0.1) is 0 Å². The summed E-state index contributed by atoms with van der Waals surface area (Å²) in [5, 5.41) is 2.76. The summed E-state index contributed by atoms with van der Waals surface area (Å²) in [6.07, 6.45) is -0.911. The maximum Gasteiger partial charge on any atom is 0.397 e. The van der Waals surface area contributed by atoms with E-state index >= 15 is 0 Å². The van der Waals surface area contributed by atoms with Crippen LogP contribution < -0.4 is 0 Å². The highest BCUT2D eigenvalue weighted by molar-refractivity contribution is 5.67. The van der Waals surface area contributed by atoms with Gasteiger partial charge in [0.05, 0.1) is 0 Å². The highest BCUT2D eigenvalue weighted by atomic mass is 16.5. The van der Waals surface area contributed by atoms with E-state index < -0.39 is 6.09 Å². The second-order valence-electron chi connectivity index (χ2n) is 2.23. The van der Waals surface area contributed by atoms with Gasteiger partial charge in [0.15, 0.2) is 0 Å². The van der Waals surface area contributed by atoms with Gasteiger partial charge in [0.2, 0.25) is 0 Å². The summed E-state index contributed by atoms with van der Waals surface area (Å²) in [4.78, 5) is 12.9. The first-order valence-electron chi connectivity index (χ1n) is 3.58. The first kappa shape index (κ1) is 9.09. The van der Waals surface area contributed by atoms with E-state index in [0.717, 1.165) is 5.56 Å². The van der Waals surface area contributed by atoms with Crippen LogP contribution in [-0.4, -0.2) is 6.09 Å². The van der Waals surface area contributed by atoms with Crippen LogP contribution in [0.15, 0.2) is 35.4 Å². The fraction of sp³-hybridized carbons (Fsp3) is 0.125. The molecule has 0 aliphatic rings. The topological polar surface area (TPSA) is 75.1 Å². The third kappa shape index (κ3) is 3.27. The Morgan fingerprint density at radius 3 is 2.77 bits per heavy atom. The lowest BCUT2D eigenvalue weighted by Gasteiger charge is -1.99. The fourth-order valence-corrected chi connectivity index (χ4v) is 0.785. The lowest BCUT2D eigenvalue weighted by Crippen LogP contribution is -1.97. The second kappa shape index (κ2) is 4.79. The number of hydrogen-bond donors (Lipinski definition) is 0. The molecule has 1 aromatic rings. The molecule has 0 spiro atoms. The molecule has 66 valence electrons. The van der Waals surface area contributed by atoms with Gasteiger partial charge in [-0.15, -0.1) is 0 Å². The third-order valence-corrected chi connectivity index (χ3v) is 1.33. The number of nitrogens with zero attached hydrogens (tertiary/aromatic N) is 3. The van der Waals surface area contributed by atoms with Crippen LogP contribution in [0.25, 0.3) is 10.4 Å². The molecule has 1 rings (SSSR count). The zero-order chi connectivity index (χ0) is 9.52. The van der Waals surface area contributed by atoms with Crippen molar-refractivity contribution in [2.45, 2.75) is 6.61 Å². The van der Waals surface area contributed by atoms with Crippen molar-refractivity contribution in [3.05, 3.63) is 46.3 Å². The smallest absolute Gasteiger partial charge is 0.397 e. The van der Waals surface area contributed by atoms with E-state index in [0.29, 0.717) is 0 Å². The largest absolute Gasteiger partial charge is 0.456 e. The summed E-state index contributed by atoms with van der Waals surface area (Å²) in [6.45, 7) is 0.124.